The van der Waals surface area contributed by atoms with Crippen molar-refractivity contribution in [1.82, 2.24) is 15.0 Å². The molecule has 0 aliphatic carbocycles. The van der Waals surface area contributed by atoms with Gasteiger partial charge in [0.1, 0.15) is 5.82 Å². The lowest BCUT2D eigenvalue weighted by Crippen LogP contribution is -1.97. The Bertz CT molecular complexity index is 464. The second kappa shape index (κ2) is 4.27. The van der Waals surface area contributed by atoms with E-state index in [1.165, 1.54) is 12.4 Å². The molecule has 2 aromatic heterocycles. The summed E-state index contributed by atoms with van der Waals surface area (Å²) in [6.07, 6.45) is 4.39. The van der Waals surface area contributed by atoms with Gasteiger partial charge in [-0.1, -0.05) is 0 Å². The molecule has 0 saturated carbocycles. The van der Waals surface area contributed by atoms with Crippen LogP contribution in [0, 0.1) is 6.92 Å². The molecule has 2 aromatic rings. The van der Waals surface area contributed by atoms with E-state index >= 15 is 0 Å². The van der Waals surface area contributed by atoms with Gasteiger partial charge < -0.3 is 0 Å². The minimum Gasteiger partial charge on any atom is -0.298 e. The summed E-state index contributed by atoms with van der Waals surface area (Å²) in [5.74, 6) is 0.686. The third-order valence-corrected chi connectivity index (χ3v) is 2.69. The van der Waals surface area contributed by atoms with E-state index in [0.29, 0.717) is 17.8 Å². The minimum atomic E-state index is 0.494. The highest BCUT2D eigenvalue weighted by Gasteiger charge is 2.02. The van der Waals surface area contributed by atoms with Crippen LogP contribution in [0.1, 0.15) is 26.9 Å². The lowest BCUT2D eigenvalue weighted by Gasteiger charge is -1.96. The summed E-state index contributed by atoms with van der Waals surface area (Å²) in [5, 5.41) is 3.03. The summed E-state index contributed by atoms with van der Waals surface area (Å²) in [6.45, 7) is 1.96. The molecule has 0 amide bonds. The van der Waals surface area contributed by atoms with Crippen LogP contribution < -0.4 is 0 Å². The van der Waals surface area contributed by atoms with E-state index in [2.05, 4.69) is 15.0 Å². The number of hydrogen-bond acceptors (Lipinski definition) is 5. The van der Waals surface area contributed by atoms with Crippen molar-refractivity contribution in [3.05, 3.63) is 39.9 Å². The van der Waals surface area contributed by atoms with Crippen molar-refractivity contribution in [2.75, 3.05) is 0 Å². The maximum Gasteiger partial charge on any atom is 0.153 e. The van der Waals surface area contributed by atoms with Gasteiger partial charge in [-0.3, -0.25) is 4.79 Å². The van der Waals surface area contributed by atoms with Gasteiger partial charge in [0.05, 0.1) is 22.7 Å². The molecular weight excluding hydrogens is 210 g/mol. The second-order valence-electron chi connectivity index (χ2n) is 3.09. The maximum absolute atomic E-state index is 10.4. The third-order valence-electron chi connectivity index (χ3n) is 1.87. The van der Waals surface area contributed by atoms with Gasteiger partial charge >= 0.3 is 0 Å². The molecular formula is C10H9N3OS. The summed E-state index contributed by atoms with van der Waals surface area (Å²) in [6, 6.07) is 0. The molecule has 2 rings (SSSR count). The summed E-state index contributed by atoms with van der Waals surface area (Å²) >= 11 is 1.61. The van der Waals surface area contributed by atoms with E-state index in [9.17, 15) is 4.79 Å². The van der Waals surface area contributed by atoms with Crippen LogP contribution in [0.5, 0.6) is 0 Å². The van der Waals surface area contributed by atoms with Crippen molar-refractivity contribution < 1.29 is 4.79 Å². The molecule has 0 fully saturated rings. The number of carbonyl (C=O) groups is 1. The molecule has 5 heteroatoms. The number of hydrogen-bond donors (Lipinski definition) is 0. The molecule has 2 heterocycles. The van der Waals surface area contributed by atoms with Crippen LogP contribution in [-0.2, 0) is 6.42 Å². The SMILES string of the molecule is Cc1nc(Cc2ncc(C=O)cn2)cs1. The third kappa shape index (κ3) is 2.44. The molecule has 0 aliphatic rings. The van der Waals surface area contributed by atoms with Crippen molar-refractivity contribution in [3.8, 4) is 0 Å². The molecule has 0 bridgehead atoms. The number of carbonyl (C=O) groups excluding carboxylic acids is 1. The Labute approximate surface area is 91.0 Å². The predicted molar refractivity (Wildman–Crippen MR) is 57.1 cm³/mol. The Morgan fingerprint density at radius 1 is 1.40 bits per heavy atom. The Balaban J connectivity index is 2.14. The Morgan fingerprint density at radius 2 is 2.13 bits per heavy atom. The lowest BCUT2D eigenvalue weighted by atomic mass is 10.3. The van der Waals surface area contributed by atoms with E-state index in [1.54, 1.807) is 11.3 Å². The Morgan fingerprint density at radius 3 is 2.67 bits per heavy atom. The lowest BCUT2D eigenvalue weighted by molar-refractivity contribution is 0.112. The molecule has 4 nitrogen and oxygen atoms in total. The number of aryl methyl sites for hydroxylation is 1. The van der Waals surface area contributed by atoms with E-state index in [1.807, 2.05) is 12.3 Å². The van der Waals surface area contributed by atoms with Crippen LogP contribution >= 0.6 is 11.3 Å². The molecule has 76 valence electrons. The fraction of sp³-hybridized carbons (Fsp3) is 0.200. The molecule has 0 aliphatic heterocycles. The molecule has 0 aromatic carbocycles. The number of rotatable bonds is 3. The van der Waals surface area contributed by atoms with Gasteiger partial charge in [-0.2, -0.15) is 0 Å². The number of aldehydes is 1. The van der Waals surface area contributed by atoms with Gasteiger partial charge in [-0.05, 0) is 6.92 Å². The van der Waals surface area contributed by atoms with Crippen LogP contribution in [0.2, 0.25) is 0 Å². The summed E-state index contributed by atoms with van der Waals surface area (Å²) in [4.78, 5) is 22.9. The average molecular weight is 219 g/mol. The van der Waals surface area contributed by atoms with Crippen molar-refractivity contribution in [2.24, 2.45) is 0 Å². The van der Waals surface area contributed by atoms with Crippen LogP contribution in [0.3, 0.4) is 0 Å². The monoisotopic (exact) mass is 219 g/mol. The summed E-state index contributed by atoms with van der Waals surface area (Å²) in [7, 11) is 0. The molecule has 0 saturated heterocycles. The first-order valence-electron chi connectivity index (χ1n) is 4.45. The van der Waals surface area contributed by atoms with E-state index in [4.69, 9.17) is 0 Å². The van der Waals surface area contributed by atoms with Crippen molar-refractivity contribution in [1.29, 1.82) is 0 Å². The molecule has 0 radical (unpaired) electrons. The van der Waals surface area contributed by atoms with E-state index in [0.717, 1.165) is 17.0 Å². The highest BCUT2D eigenvalue weighted by Crippen LogP contribution is 2.10. The van der Waals surface area contributed by atoms with Gasteiger partial charge in [-0.15, -0.1) is 11.3 Å². The zero-order valence-electron chi connectivity index (χ0n) is 8.17. The fourth-order valence-electron chi connectivity index (χ4n) is 1.17. The van der Waals surface area contributed by atoms with Crippen molar-refractivity contribution >= 4 is 17.6 Å². The van der Waals surface area contributed by atoms with Gasteiger partial charge in [0.25, 0.3) is 0 Å². The fourth-order valence-corrected chi connectivity index (χ4v) is 1.78. The van der Waals surface area contributed by atoms with Crippen molar-refractivity contribution in [2.45, 2.75) is 13.3 Å². The van der Waals surface area contributed by atoms with Crippen LogP contribution in [0.4, 0.5) is 0 Å². The largest absolute Gasteiger partial charge is 0.298 e. The van der Waals surface area contributed by atoms with E-state index in [-0.39, 0.29) is 0 Å². The quantitative estimate of drug-likeness (QED) is 0.736. The van der Waals surface area contributed by atoms with Crippen LogP contribution in [-0.4, -0.2) is 21.2 Å². The van der Waals surface area contributed by atoms with Gasteiger partial charge in [0.15, 0.2) is 6.29 Å². The number of aromatic nitrogens is 3. The maximum atomic E-state index is 10.4. The van der Waals surface area contributed by atoms with Gasteiger partial charge in [0.2, 0.25) is 0 Å². The van der Waals surface area contributed by atoms with Crippen molar-refractivity contribution in [3.63, 3.8) is 0 Å². The normalized spacial score (nSPS) is 10.2. The molecule has 15 heavy (non-hydrogen) atoms. The van der Waals surface area contributed by atoms with Crippen LogP contribution in [0.15, 0.2) is 17.8 Å². The number of thiazole rings is 1. The van der Waals surface area contributed by atoms with Gasteiger partial charge in [-0.25, -0.2) is 15.0 Å². The average Bonchev–Trinajstić information content (AvgIpc) is 2.65. The standard InChI is InChI=1S/C10H9N3OS/c1-7-13-9(6-15-7)2-10-11-3-8(5-14)4-12-10/h3-6H,2H2,1H3. The molecule has 0 atom stereocenters. The first-order valence-corrected chi connectivity index (χ1v) is 5.33. The second-order valence-corrected chi connectivity index (χ2v) is 4.15. The first-order chi connectivity index (χ1) is 7.28. The molecule has 0 spiro atoms. The summed E-state index contributed by atoms with van der Waals surface area (Å²) < 4.78 is 0. The zero-order valence-corrected chi connectivity index (χ0v) is 8.99. The smallest absolute Gasteiger partial charge is 0.153 e. The van der Waals surface area contributed by atoms with Crippen LogP contribution in [0.25, 0.3) is 0 Å². The Hall–Kier alpha value is -1.62. The molecule has 0 unspecified atom stereocenters. The van der Waals surface area contributed by atoms with E-state index < -0.39 is 0 Å². The first kappa shape index (κ1) is 9.92. The predicted octanol–water partition coefficient (Wildman–Crippen LogP) is 1.64. The summed E-state index contributed by atoms with van der Waals surface area (Å²) in [5.41, 5.74) is 1.46. The Kier molecular flexibility index (Phi) is 2.82. The molecule has 0 N–H and O–H groups in total. The minimum absolute atomic E-state index is 0.494. The zero-order chi connectivity index (χ0) is 10.7. The topological polar surface area (TPSA) is 55.7 Å². The van der Waals surface area contributed by atoms with Gasteiger partial charge in [0, 0.05) is 17.8 Å². The number of nitrogens with zero attached hydrogens (tertiary/aromatic N) is 3. The highest BCUT2D eigenvalue weighted by molar-refractivity contribution is 7.09. The highest BCUT2D eigenvalue weighted by atomic mass is 32.1.